The summed E-state index contributed by atoms with van der Waals surface area (Å²) in [6.45, 7) is 4.33. The lowest BCUT2D eigenvalue weighted by atomic mass is 10.0. The van der Waals surface area contributed by atoms with Gasteiger partial charge in [-0.3, -0.25) is 18.6 Å². The van der Waals surface area contributed by atoms with Gasteiger partial charge in [0.05, 0.1) is 27.7 Å². The lowest BCUT2D eigenvalue weighted by Gasteiger charge is -2.24. The lowest BCUT2D eigenvalue weighted by molar-refractivity contribution is -0.870. The third-order valence-electron chi connectivity index (χ3n) is 9.38. The Balaban J connectivity index is 4.47. The normalized spacial score (nSPS) is 14.0. The maximum Gasteiger partial charge on any atom is 0.472 e. The Kier molecular flexibility index (Phi) is 37.1. The molecule has 0 fully saturated rings. The predicted molar refractivity (Wildman–Crippen MR) is 233 cm³/mol. The van der Waals surface area contributed by atoms with Gasteiger partial charge in [0.2, 0.25) is 0 Å². The number of phosphoric acid groups is 1. The van der Waals surface area contributed by atoms with E-state index < -0.39 is 26.5 Å². The monoisotopic (exact) mass is 811 g/mol. The number of rotatable bonds is 40. The Morgan fingerprint density at radius 1 is 0.554 bits per heavy atom. The van der Waals surface area contributed by atoms with Crippen molar-refractivity contribution in [3.8, 4) is 0 Å². The maximum absolute atomic E-state index is 12.7. The van der Waals surface area contributed by atoms with E-state index in [2.05, 4.69) is 50.3 Å². The Morgan fingerprint density at radius 3 is 1.50 bits per heavy atom. The minimum atomic E-state index is -4.39. The summed E-state index contributed by atoms with van der Waals surface area (Å²) < 4.78 is 34.2. The number of allylic oxidation sites excluding steroid dienone is 8. The van der Waals surface area contributed by atoms with Crippen molar-refractivity contribution in [3.63, 3.8) is 0 Å². The molecular formula is C46H85NO8P+. The number of hydrogen-bond acceptors (Lipinski definition) is 7. The molecule has 2 atom stereocenters. The molecule has 0 aromatic heterocycles. The molecule has 0 aromatic rings. The average Bonchev–Trinajstić information content (AvgIpc) is 3.15. The van der Waals surface area contributed by atoms with Crippen LogP contribution in [0.5, 0.6) is 0 Å². The number of ether oxygens (including phenoxy) is 2. The summed E-state index contributed by atoms with van der Waals surface area (Å²) in [7, 11) is 1.43. The van der Waals surface area contributed by atoms with Crippen molar-refractivity contribution in [2.45, 2.75) is 187 Å². The van der Waals surface area contributed by atoms with E-state index in [-0.39, 0.29) is 32.0 Å². The second kappa shape index (κ2) is 38.5. The zero-order valence-electron chi connectivity index (χ0n) is 36.6. The molecule has 0 aliphatic heterocycles. The average molecular weight is 811 g/mol. The van der Waals surface area contributed by atoms with E-state index in [0.717, 1.165) is 38.5 Å². The molecular weight excluding hydrogens is 725 g/mol. The number of quaternary nitrogens is 1. The van der Waals surface area contributed by atoms with Gasteiger partial charge in [0.25, 0.3) is 0 Å². The Hall–Kier alpha value is -2.03. The first-order valence-electron chi connectivity index (χ1n) is 22.4. The number of carbonyl (C=O) groups is 2. The number of nitrogens with zero attached hydrogens (tertiary/aromatic N) is 1. The van der Waals surface area contributed by atoms with Gasteiger partial charge < -0.3 is 18.9 Å². The molecule has 2 unspecified atom stereocenters. The largest absolute Gasteiger partial charge is 0.472 e. The smallest absolute Gasteiger partial charge is 0.462 e. The van der Waals surface area contributed by atoms with Crippen LogP contribution in [0.4, 0.5) is 0 Å². The molecule has 1 N–H and O–H groups in total. The van der Waals surface area contributed by atoms with Gasteiger partial charge in [-0.2, -0.15) is 0 Å². The topological polar surface area (TPSA) is 108 Å². The van der Waals surface area contributed by atoms with Gasteiger partial charge in [-0.05, 0) is 44.9 Å². The van der Waals surface area contributed by atoms with Crippen LogP contribution in [0.15, 0.2) is 48.6 Å². The van der Waals surface area contributed by atoms with Crippen molar-refractivity contribution in [2.75, 3.05) is 47.5 Å². The van der Waals surface area contributed by atoms with Crippen LogP contribution in [0.3, 0.4) is 0 Å². The van der Waals surface area contributed by atoms with Crippen LogP contribution in [0.25, 0.3) is 0 Å². The molecule has 0 amide bonds. The van der Waals surface area contributed by atoms with Crippen LogP contribution in [0.1, 0.15) is 181 Å². The molecule has 10 heteroatoms. The molecule has 0 saturated heterocycles. The Bertz CT molecular complexity index is 1100. The number of unbranched alkanes of at least 4 members (excludes halogenated alkanes) is 18. The van der Waals surface area contributed by atoms with E-state index >= 15 is 0 Å². The molecule has 326 valence electrons. The maximum atomic E-state index is 12.7. The van der Waals surface area contributed by atoms with E-state index in [0.29, 0.717) is 17.4 Å². The van der Waals surface area contributed by atoms with Crippen molar-refractivity contribution >= 4 is 19.8 Å². The minimum absolute atomic E-state index is 0.0189. The standard InChI is InChI=1S/C46H84NO8P/c1-6-8-10-12-14-16-18-20-21-22-23-24-25-27-29-31-33-35-37-39-46(49)55-44(43-54-56(50,51)53-41-40-47(3,4)5)42-52-45(48)38-36-34-32-30-28-26-19-17-15-13-11-9-7-2/h20-21,23-24,27,29,33,35,44H,6-19,22,25-26,28,30-32,34,36-43H2,1-5H3/p+1/b21-20-,24-23-,29-27-,35-33-. The number of hydrogen-bond donors (Lipinski definition) is 1. The van der Waals surface area contributed by atoms with Gasteiger partial charge in [0, 0.05) is 12.8 Å². The van der Waals surface area contributed by atoms with Gasteiger partial charge in [0.15, 0.2) is 6.10 Å². The number of esters is 2. The summed E-state index contributed by atoms with van der Waals surface area (Å²) in [6, 6.07) is 0. The lowest BCUT2D eigenvalue weighted by Crippen LogP contribution is -2.37. The van der Waals surface area contributed by atoms with Gasteiger partial charge in [0.1, 0.15) is 19.8 Å². The van der Waals surface area contributed by atoms with E-state index in [1.54, 1.807) is 0 Å². The summed E-state index contributed by atoms with van der Waals surface area (Å²) in [4.78, 5) is 35.3. The van der Waals surface area contributed by atoms with Crippen molar-refractivity contribution in [1.29, 1.82) is 0 Å². The first kappa shape index (κ1) is 54.0. The molecule has 0 spiro atoms. The number of carbonyl (C=O) groups excluding carboxylic acids is 2. The fraction of sp³-hybridized carbons (Fsp3) is 0.783. The molecule has 9 nitrogen and oxygen atoms in total. The fourth-order valence-corrected chi connectivity index (χ4v) is 6.58. The molecule has 0 aliphatic rings. The van der Waals surface area contributed by atoms with Crippen molar-refractivity contribution in [3.05, 3.63) is 48.6 Å². The van der Waals surface area contributed by atoms with E-state index in [1.165, 1.54) is 109 Å². The minimum Gasteiger partial charge on any atom is -0.462 e. The summed E-state index contributed by atoms with van der Waals surface area (Å²) >= 11 is 0. The predicted octanol–water partition coefficient (Wildman–Crippen LogP) is 12.7. The molecule has 0 aromatic carbocycles. The summed E-state index contributed by atoms with van der Waals surface area (Å²) in [6.07, 6.45) is 44.6. The van der Waals surface area contributed by atoms with E-state index in [4.69, 9.17) is 18.5 Å². The summed E-state index contributed by atoms with van der Waals surface area (Å²) in [5.41, 5.74) is 0. The fourth-order valence-electron chi connectivity index (χ4n) is 5.84. The highest BCUT2D eigenvalue weighted by Crippen LogP contribution is 2.43. The third-order valence-corrected chi connectivity index (χ3v) is 10.4. The van der Waals surface area contributed by atoms with Gasteiger partial charge in [-0.15, -0.1) is 0 Å². The second-order valence-corrected chi connectivity index (χ2v) is 17.5. The van der Waals surface area contributed by atoms with E-state index in [1.807, 2.05) is 33.3 Å². The highest BCUT2D eigenvalue weighted by atomic mass is 31.2. The first-order valence-corrected chi connectivity index (χ1v) is 23.9. The number of likely N-dealkylation sites (N-methyl/N-ethyl adjacent to an activating group) is 1. The van der Waals surface area contributed by atoms with Crippen LogP contribution in [0.2, 0.25) is 0 Å². The molecule has 0 saturated carbocycles. The third kappa shape index (κ3) is 41.6. The van der Waals surface area contributed by atoms with Gasteiger partial charge >= 0.3 is 19.8 Å². The van der Waals surface area contributed by atoms with Crippen molar-refractivity contribution in [2.24, 2.45) is 0 Å². The summed E-state index contributed by atoms with van der Waals surface area (Å²) in [5, 5.41) is 0. The van der Waals surface area contributed by atoms with E-state index in [9.17, 15) is 19.0 Å². The summed E-state index contributed by atoms with van der Waals surface area (Å²) in [5.74, 6) is -0.890. The molecule has 0 bridgehead atoms. The van der Waals surface area contributed by atoms with Crippen LogP contribution >= 0.6 is 7.82 Å². The van der Waals surface area contributed by atoms with Crippen LogP contribution in [0, 0.1) is 0 Å². The molecule has 0 rings (SSSR count). The Morgan fingerprint density at radius 2 is 1.00 bits per heavy atom. The Labute approximate surface area is 343 Å². The van der Waals surface area contributed by atoms with Crippen molar-refractivity contribution in [1.82, 2.24) is 0 Å². The second-order valence-electron chi connectivity index (χ2n) is 16.1. The quantitative estimate of drug-likeness (QED) is 0.0214. The highest BCUT2D eigenvalue weighted by molar-refractivity contribution is 7.47. The van der Waals surface area contributed by atoms with Gasteiger partial charge in [-0.1, -0.05) is 172 Å². The van der Waals surface area contributed by atoms with Crippen LogP contribution in [-0.2, 0) is 32.7 Å². The van der Waals surface area contributed by atoms with Crippen molar-refractivity contribution < 1.29 is 42.1 Å². The van der Waals surface area contributed by atoms with Crippen LogP contribution in [-0.4, -0.2) is 74.9 Å². The zero-order valence-corrected chi connectivity index (χ0v) is 37.5. The SMILES string of the molecule is CCCCCCCC/C=C\C/C=C\C/C=C\C/C=C\CCC(=O)OC(COC(=O)CCCCCCCCCCCCCCC)COP(=O)(O)OCC[N+](C)(C)C. The number of phosphoric ester groups is 1. The first-order chi connectivity index (χ1) is 27.0. The molecule has 0 heterocycles. The molecule has 0 aliphatic carbocycles. The highest BCUT2D eigenvalue weighted by Gasteiger charge is 2.27. The van der Waals surface area contributed by atoms with Crippen LogP contribution < -0.4 is 0 Å². The molecule has 0 radical (unpaired) electrons. The molecule has 56 heavy (non-hydrogen) atoms. The zero-order chi connectivity index (χ0) is 41.4. The van der Waals surface area contributed by atoms with Gasteiger partial charge in [-0.25, -0.2) is 4.57 Å².